The molecule has 0 aliphatic carbocycles. The van der Waals surface area contributed by atoms with Crippen molar-refractivity contribution in [3.8, 4) is 6.07 Å². The topological polar surface area (TPSA) is 35.8 Å². The minimum Gasteiger partial charge on any atom is -0.317 e. The Balaban J connectivity index is 2.98. The Kier molecular flexibility index (Phi) is 3.67. The predicted octanol–water partition coefficient (Wildman–Crippen LogP) is 2.18. The van der Waals surface area contributed by atoms with Crippen molar-refractivity contribution in [3.63, 3.8) is 0 Å². The van der Waals surface area contributed by atoms with Crippen LogP contribution in [0.5, 0.6) is 0 Å². The quantitative estimate of drug-likeness (QED) is 0.689. The molecule has 14 heavy (non-hydrogen) atoms. The van der Waals surface area contributed by atoms with Crippen molar-refractivity contribution in [2.45, 2.75) is 12.8 Å². The summed E-state index contributed by atoms with van der Waals surface area (Å²) < 4.78 is 0. The maximum atomic E-state index is 9.27. The molecule has 0 aromatic heterocycles. The van der Waals surface area contributed by atoms with Crippen LogP contribution in [-0.4, -0.2) is 13.1 Å². The van der Waals surface area contributed by atoms with Gasteiger partial charge in [-0.2, -0.15) is 5.26 Å². The van der Waals surface area contributed by atoms with E-state index in [1.807, 2.05) is 6.08 Å². The third-order valence-corrected chi connectivity index (χ3v) is 2.74. The van der Waals surface area contributed by atoms with E-state index in [1.165, 1.54) is 0 Å². The van der Waals surface area contributed by atoms with Crippen LogP contribution in [0.3, 0.4) is 0 Å². The number of hydrogen-bond donors (Lipinski definition) is 1. The van der Waals surface area contributed by atoms with Crippen LogP contribution < -0.4 is 5.32 Å². The van der Waals surface area contributed by atoms with E-state index in [4.69, 9.17) is 0 Å². The summed E-state index contributed by atoms with van der Waals surface area (Å²) in [5.41, 5.74) is 0.651. The third-order valence-electron chi connectivity index (χ3n) is 2.74. The van der Waals surface area contributed by atoms with Crippen LogP contribution in [0.15, 0.2) is 37.0 Å². The highest BCUT2D eigenvalue weighted by molar-refractivity contribution is 5.35. The average Bonchev–Trinajstić information content (AvgIpc) is 2.27. The Labute approximate surface area is 85.6 Å². The van der Waals surface area contributed by atoms with E-state index in [9.17, 15) is 5.26 Å². The van der Waals surface area contributed by atoms with Crippen LogP contribution in [-0.2, 0) is 0 Å². The summed E-state index contributed by atoms with van der Waals surface area (Å²) in [6, 6.07) is 2.43. The van der Waals surface area contributed by atoms with Crippen molar-refractivity contribution in [1.29, 1.82) is 5.26 Å². The van der Waals surface area contributed by atoms with E-state index in [1.54, 1.807) is 12.2 Å². The molecule has 0 aromatic carbocycles. The molecule has 0 saturated carbocycles. The lowest BCUT2D eigenvalue weighted by molar-refractivity contribution is 0.339. The van der Waals surface area contributed by atoms with Gasteiger partial charge in [0.1, 0.15) is 0 Å². The molecule has 0 radical (unpaired) electrons. The minimum atomic E-state index is -0.346. The van der Waals surface area contributed by atoms with Crippen LogP contribution in [0.4, 0.5) is 0 Å². The average molecular weight is 188 g/mol. The molecule has 0 amide bonds. The van der Waals surface area contributed by atoms with Crippen molar-refractivity contribution in [1.82, 2.24) is 5.32 Å². The highest BCUT2D eigenvalue weighted by atomic mass is 14.9. The molecular weight excluding hydrogens is 172 g/mol. The fourth-order valence-electron chi connectivity index (χ4n) is 1.87. The van der Waals surface area contributed by atoms with E-state index in [0.717, 1.165) is 31.5 Å². The zero-order valence-electron chi connectivity index (χ0n) is 8.42. The largest absolute Gasteiger partial charge is 0.317 e. The van der Waals surface area contributed by atoms with Gasteiger partial charge in [0.05, 0.1) is 11.5 Å². The molecule has 0 unspecified atom stereocenters. The van der Waals surface area contributed by atoms with E-state index in [-0.39, 0.29) is 5.41 Å². The second-order valence-corrected chi connectivity index (χ2v) is 3.51. The maximum absolute atomic E-state index is 9.27. The number of nitrogens with zero attached hydrogens (tertiary/aromatic N) is 1. The first-order chi connectivity index (χ1) is 6.79. The van der Waals surface area contributed by atoms with Gasteiger partial charge in [-0.25, -0.2) is 0 Å². The first-order valence-corrected chi connectivity index (χ1v) is 4.87. The van der Waals surface area contributed by atoms with Gasteiger partial charge in [0.15, 0.2) is 0 Å². The Bertz CT molecular complexity index is 288. The third kappa shape index (κ3) is 1.94. The van der Waals surface area contributed by atoms with Crippen LogP contribution in [0.2, 0.25) is 0 Å². The van der Waals surface area contributed by atoms with Crippen molar-refractivity contribution >= 4 is 0 Å². The van der Waals surface area contributed by atoms with Crippen molar-refractivity contribution in [2.24, 2.45) is 5.41 Å². The van der Waals surface area contributed by atoms with Crippen molar-refractivity contribution < 1.29 is 0 Å². The van der Waals surface area contributed by atoms with Gasteiger partial charge in [-0.05, 0) is 31.5 Å². The zero-order chi connectivity index (χ0) is 10.4. The second kappa shape index (κ2) is 4.78. The summed E-state index contributed by atoms with van der Waals surface area (Å²) in [5.74, 6) is 0. The summed E-state index contributed by atoms with van der Waals surface area (Å²) in [5, 5.41) is 12.5. The minimum absolute atomic E-state index is 0.346. The SMILES string of the molecule is C=C/C=C(\C=C)C1(C#N)CCNCC1. The summed E-state index contributed by atoms with van der Waals surface area (Å²) in [6.45, 7) is 9.22. The highest BCUT2D eigenvalue weighted by Gasteiger charge is 2.34. The number of nitrogens with one attached hydrogen (secondary N) is 1. The van der Waals surface area contributed by atoms with Gasteiger partial charge in [0.25, 0.3) is 0 Å². The zero-order valence-corrected chi connectivity index (χ0v) is 8.42. The van der Waals surface area contributed by atoms with E-state index >= 15 is 0 Å². The summed E-state index contributed by atoms with van der Waals surface area (Å²) >= 11 is 0. The lowest BCUT2D eigenvalue weighted by atomic mass is 9.74. The molecule has 1 heterocycles. The van der Waals surface area contributed by atoms with Gasteiger partial charge >= 0.3 is 0 Å². The predicted molar refractivity (Wildman–Crippen MR) is 58.6 cm³/mol. The second-order valence-electron chi connectivity index (χ2n) is 3.51. The van der Waals surface area contributed by atoms with Crippen LogP contribution in [0.1, 0.15) is 12.8 Å². The van der Waals surface area contributed by atoms with Gasteiger partial charge in [-0.1, -0.05) is 31.4 Å². The smallest absolute Gasteiger partial charge is 0.0846 e. The lowest BCUT2D eigenvalue weighted by Gasteiger charge is -2.32. The van der Waals surface area contributed by atoms with Crippen molar-refractivity contribution in [3.05, 3.63) is 37.0 Å². The van der Waals surface area contributed by atoms with E-state index in [0.29, 0.717) is 0 Å². The molecule has 2 heteroatoms. The highest BCUT2D eigenvalue weighted by Crippen LogP contribution is 2.36. The number of nitriles is 1. The molecule has 1 fully saturated rings. The Morgan fingerprint density at radius 3 is 2.43 bits per heavy atom. The summed E-state index contributed by atoms with van der Waals surface area (Å²) in [6.07, 6.45) is 7.10. The Morgan fingerprint density at radius 1 is 1.36 bits per heavy atom. The van der Waals surface area contributed by atoms with Gasteiger partial charge in [-0.15, -0.1) is 0 Å². The molecule has 0 aromatic rings. The van der Waals surface area contributed by atoms with E-state index < -0.39 is 0 Å². The van der Waals surface area contributed by atoms with Gasteiger partial charge in [-0.3, -0.25) is 0 Å². The number of piperidine rings is 1. The molecule has 74 valence electrons. The maximum Gasteiger partial charge on any atom is 0.0846 e. The molecule has 2 nitrogen and oxygen atoms in total. The lowest BCUT2D eigenvalue weighted by Crippen LogP contribution is -2.36. The normalized spacial score (nSPS) is 20.9. The van der Waals surface area contributed by atoms with Gasteiger partial charge in [0, 0.05) is 0 Å². The molecule has 0 bridgehead atoms. The molecular formula is C12H16N2. The molecule has 0 spiro atoms. The van der Waals surface area contributed by atoms with Gasteiger partial charge < -0.3 is 5.32 Å². The molecule has 1 saturated heterocycles. The van der Waals surface area contributed by atoms with Gasteiger partial charge in [0.2, 0.25) is 0 Å². The Hall–Kier alpha value is -1.33. The molecule has 1 rings (SSSR count). The fourth-order valence-corrected chi connectivity index (χ4v) is 1.87. The molecule has 1 aliphatic heterocycles. The summed E-state index contributed by atoms with van der Waals surface area (Å²) in [4.78, 5) is 0. The van der Waals surface area contributed by atoms with Crippen LogP contribution in [0, 0.1) is 16.7 Å². The number of allylic oxidation sites excluding steroid dienone is 4. The van der Waals surface area contributed by atoms with E-state index in [2.05, 4.69) is 24.5 Å². The number of rotatable bonds is 3. The fraction of sp³-hybridized carbons (Fsp3) is 0.417. The van der Waals surface area contributed by atoms with Crippen LogP contribution in [0.25, 0.3) is 0 Å². The molecule has 1 N–H and O–H groups in total. The monoisotopic (exact) mass is 188 g/mol. The standard InChI is InChI=1S/C12H16N2/c1-3-5-11(4-2)12(10-13)6-8-14-9-7-12/h3-5,14H,1-2,6-9H2/b11-5+. The first kappa shape index (κ1) is 10.7. The van der Waals surface area contributed by atoms with Crippen LogP contribution >= 0.6 is 0 Å². The first-order valence-electron chi connectivity index (χ1n) is 4.87. The molecule has 0 atom stereocenters. The summed E-state index contributed by atoms with van der Waals surface area (Å²) in [7, 11) is 0. The van der Waals surface area contributed by atoms with Crippen molar-refractivity contribution in [2.75, 3.05) is 13.1 Å². The molecule has 1 aliphatic rings. The number of hydrogen-bond acceptors (Lipinski definition) is 2. The Morgan fingerprint density at radius 2 is 2.00 bits per heavy atom.